The van der Waals surface area contributed by atoms with E-state index in [-0.39, 0.29) is 5.97 Å². The molecule has 0 atom stereocenters. The molecule has 2 rings (SSSR count). The minimum absolute atomic E-state index is 0.203. The lowest BCUT2D eigenvalue weighted by Crippen LogP contribution is -2.33. The van der Waals surface area contributed by atoms with Gasteiger partial charge in [-0.05, 0) is 30.9 Å². The van der Waals surface area contributed by atoms with Crippen molar-refractivity contribution in [1.29, 1.82) is 0 Å². The van der Waals surface area contributed by atoms with Gasteiger partial charge in [0, 0.05) is 6.20 Å². The third-order valence-corrected chi connectivity index (χ3v) is 3.38. The Labute approximate surface area is 108 Å². The summed E-state index contributed by atoms with van der Waals surface area (Å²) in [4.78, 5) is 16.1. The molecule has 0 unspecified atom stereocenters. The van der Waals surface area contributed by atoms with Crippen LogP contribution in [0.15, 0.2) is 24.4 Å². The summed E-state index contributed by atoms with van der Waals surface area (Å²) < 4.78 is 4.92. The molecule has 0 aromatic carbocycles. The van der Waals surface area contributed by atoms with Gasteiger partial charge in [0.25, 0.3) is 0 Å². The van der Waals surface area contributed by atoms with Gasteiger partial charge in [-0.25, -0.2) is 4.98 Å². The summed E-state index contributed by atoms with van der Waals surface area (Å²) in [6.45, 7) is 0. The van der Waals surface area contributed by atoms with Crippen LogP contribution >= 0.6 is 0 Å². The molecule has 3 heteroatoms. The number of hydrogen-bond donors (Lipinski definition) is 0. The van der Waals surface area contributed by atoms with Crippen LogP contribution in [0.1, 0.15) is 37.8 Å². The van der Waals surface area contributed by atoms with E-state index >= 15 is 0 Å². The van der Waals surface area contributed by atoms with Gasteiger partial charge in [-0.1, -0.05) is 31.2 Å². The monoisotopic (exact) mass is 243 g/mol. The zero-order chi connectivity index (χ0) is 12.8. The van der Waals surface area contributed by atoms with E-state index in [2.05, 4.69) is 16.8 Å². The van der Waals surface area contributed by atoms with E-state index in [1.807, 2.05) is 18.2 Å². The molecule has 0 spiro atoms. The van der Waals surface area contributed by atoms with Crippen molar-refractivity contribution in [3.63, 3.8) is 0 Å². The molecule has 1 aromatic heterocycles. The van der Waals surface area contributed by atoms with E-state index in [9.17, 15) is 4.79 Å². The molecule has 3 nitrogen and oxygen atoms in total. The Hall–Kier alpha value is -1.82. The summed E-state index contributed by atoms with van der Waals surface area (Å²) in [5.74, 6) is 5.92. The molecular weight excluding hydrogens is 226 g/mol. The highest BCUT2D eigenvalue weighted by Gasteiger charge is 2.39. The Morgan fingerprint density at radius 2 is 2.11 bits per heavy atom. The highest BCUT2D eigenvalue weighted by Crippen LogP contribution is 2.36. The van der Waals surface area contributed by atoms with Crippen molar-refractivity contribution >= 4 is 5.97 Å². The molecule has 0 bridgehead atoms. The fourth-order valence-electron chi connectivity index (χ4n) is 2.35. The van der Waals surface area contributed by atoms with Gasteiger partial charge in [-0.15, -0.1) is 0 Å². The minimum Gasteiger partial charge on any atom is -0.468 e. The van der Waals surface area contributed by atoms with Gasteiger partial charge in [0.05, 0.1) is 7.11 Å². The third-order valence-electron chi connectivity index (χ3n) is 3.38. The van der Waals surface area contributed by atoms with Gasteiger partial charge in [-0.2, -0.15) is 0 Å². The lowest BCUT2D eigenvalue weighted by molar-refractivity contribution is -0.150. The smallest absolute Gasteiger partial charge is 0.324 e. The normalized spacial score (nSPS) is 17.4. The highest BCUT2D eigenvalue weighted by atomic mass is 16.5. The molecule has 18 heavy (non-hydrogen) atoms. The van der Waals surface area contributed by atoms with Crippen LogP contribution in [0, 0.1) is 17.3 Å². The molecule has 1 heterocycles. The SMILES string of the molecule is COC(=O)C1(C#Cc2ccccn2)CCCCC1. The largest absolute Gasteiger partial charge is 0.468 e. The zero-order valence-electron chi connectivity index (χ0n) is 10.6. The number of esters is 1. The molecule has 0 aliphatic heterocycles. The zero-order valence-corrected chi connectivity index (χ0v) is 10.6. The fourth-order valence-corrected chi connectivity index (χ4v) is 2.35. The average Bonchev–Trinajstić information content (AvgIpc) is 2.46. The van der Waals surface area contributed by atoms with Gasteiger partial charge >= 0.3 is 5.97 Å². The highest BCUT2D eigenvalue weighted by molar-refractivity contribution is 5.80. The van der Waals surface area contributed by atoms with Crippen molar-refractivity contribution in [1.82, 2.24) is 4.98 Å². The minimum atomic E-state index is -0.621. The van der Waals surface area contributed by atoms with Crippen LogP contribution in [0.5, 0.6) is 0 Å². The molecule has 0 radical (unpaired) electrons. The number of rotatable bonds is 1. The Bertz CT molecular complexity index is 464. The standard InChI is InChI=1S/C15H17NO2/c1-18-14(17)15(9-4-2-5-10-15)11-8-13-7-3-6-12-16-13/h3,6-7,12H,2,4-5,9-10H2,1H3. The van der Waals surface area contributed by atoms with E-state index in [0.29, 0.717) is 5.69 Å². The van der Waals surface area contributed by atoms with Crippen molar-refractivity contribution < 1.29 is 9.53 Å². The van der Waals surface area contributed by atoms with Crippen molar-refractivity contribution in [2.24, 2.45) is 5.41 Å². The van der Waals surface area contributed by atoms with E-state index in [1.54, 1.807) is 6.20 Å². The summed E-state index contributed by atoms with van der Waals surface area (Å²) in [6.07, 6.45) is 6.52. The molecule has 1 aliphatic rings. The first-order valence-electron chi connectivity index (χ1n) is 6.29. The number of nitrogens with zero attached hydrogens (tertiary/aromatic N) is 1. The maximum absolute atomic E-state index is 12.0. The second-order valence-corrected chi connectivity index (χ2v) is 4.60. The molecule has 0 saturated heterocycles. The first kappa shape index (κ1) is 12.6. The van der Waals surface area contributed by atoms with Crippen LogP contribution in [0.2, 0.25) is 0 Å². The number of ether oxygens (including phenoxy) is 1. The van der Waals surface area contributed by atoms with E-state index < -0.39 is 5.41 Å². The number of carbonyl (C=O) groups excluding carboxylic acids is 1. The summed E-state index contributed by atoms with van der Waals surface area (Å²) in [6, 6.07) is 5.59. The van der Waals surface area contributed by atoms with E-state index in [1.165, 1.54) is 13.5 Å². The molecule has 94 valence electrons. The van der Waals surface area contributed by atoms with Gasteiger partial charge in [0.15, 0.2) is 0 Å². The number of pyridine rings is 1. The number of aromatic nitrogens is 1. The van der Waals surface area contributed by atoms with Gasteiger partial charge in [0.2, 0.25) is 0 Å². The first-order valence-corrected chi connectivity index (χ1v) is 6.29. The number of hydrogen-bond acceptors (Lipinski definition) is 3. The van der Waals surface area contributed by atoms with Crippen molar-refractivity contribution in [3.05, 3.63) is 30.1 Å². The Kier molecular flexibility index (Phi) is 3.99. The van der Waals surface area contributed by atoms with Gasteiger partial charge < -0.3 is 4.74 Å². The quantitative estimate of drug-likeness (QED) is 0.562. The van der Waals surface area contributed by atoms with Crippen LogP contribution in [-0.4, -0.2) is 18.1 Å². The summed E-state index contributed by atoms with van der Waals surface area (Å²) in [5, 5.41) is 0. The van der Waals surface area contributed by atoms with Crippen LogP contribution in [0.3, 0.4) is 0 Å². The van der Waals surface area contributed by atoms with Crippen LogP contribution in [-0.2, 0) is 9.53 Å². The van der Waals surface area contributed by atoms with Crippen LogP contribution in [0.25, 0.3) is 0 Å². The Balaban J connectivity index is 2.26. The van der Waals surface area contributed by atoms with E-state index in [4.69, 9.17) is 4.74 Å². The fraction of sp³-hybridized carbons (Fsp3) is 0.467. The molecule has 1 aliphatic carbocycles. The lowest BCUT2D eigenvalue weighted by atomic mass is 9.74. The Morgan fingerprint density at radius 3 is 2.72 bits per heavy atom. The maximum Gasteiger partial charge on any atom is 0.324 e. The summed E-state index contributed by atoms with van der Waals surface area (Å²) >= 11 is 0. The second kappa shape index (κ2) is 5.68. The van der Waals surface area contributed by atoms with Crippen LogP contribution in [0.4, 0.5) is 0 Å². The topological polar surface area (TPSA) is 39.2 Å². The van der Waals surface area contributed by atoms with Gasteiger partial charge in [0.1, 0.15) is 11.1 Å². The first-order chi connectivity index (χ1) is 8.77. The predicted molar refractivity (Wildman–Crippen MR) is 68.6 cm³/mol. The summed E-state index contributed by atoms with van der Waals surface area (Å²) in [5.41, 5.74) is 0.0798. The van der Waals surface area contributed by atoms with Gasteiger partial charge in [-0.3, -0.25) is 4.79 Å². The van der Waals surface area contributed by atoms with Crippen molar-refractivity contribution in [2.75, 3.05) is 7.11 Å². The predicted octanol–water partition coefficient (Wildman–Crippen LogP) is 2.56. The maximum atomic E-state index is 12.0. The number of methoxy groups -OCH3 is 1. The van der Waals surface area contributed by atoms with Crippen molar-refractivity contribution in [2.45, 2.75) is 32.1 Å². The van der Waals surface area contributed by atoms with E-state index in [0.717, 1.165) is 25.7 Å². The molecule has 1 saturated carbocycles. The second-order valence-electron chi connectivity index (χ2n) is 4.60. The molecule has 0 amide bonds. The van der Waals surface area contributed by atoms with Crippen molar-refractivity contribution in [3.8, 4) is 11.8 Å². The van der Waals surface area contributed by atoms with Crippen LogP contribution < -0.4 is 0 Å². The molecule has 1 aromatic rings. The lowest BCUT2D eigenvalue weighted by Gasteiger charge is -2.29. The Morgan fingerprint density at radius 1 is 1.33 bits per heavy atom. The molecule has 0 N–H and O–H groups in total. The third kappa shape index (κ3) is 2.70. The molecular formula is C15H17NO2. The number of carbonyl (C=O) groups is 1. The molecule has 1 fully saturated rings. The summed E-state index contributed by atoms with van der Waals surface area (Å²) in [7, 11) is 1.43. The average molecular weight is 243 g/mol.